The Bertz CT molecular complexity index is 2370. The van der Waals surface area contributed by atoms with Crippen molar-refractivity contribution in [2.24, 2.45) is 0 Å². The maximum atomic E-state index is 13.1. The van der Waals surface area contributed by atoms with Crippen LogP contribution < -0.4 is 0 Å². The van der Waals surface area contributed by atoms with Crippen molar-refractivity contribution in [2.75, 3.05) is 39.6 Å². The molecular weight excluding hydrogens is 1310 g/mol. The van der Waals surface area contributed by atoms with Gasteiger partial charge in [0.15, 0.2) is 12.2 Å². The third kappa shape index (κ3) is 71.8. The zero-order valence-electron chi connectivity index (χ0n) is 62.6. The number of unbranched alkanes of at least 4 members (excludes halogenated alkanes) is 26. The van der Waals surface area contributed by atoms with Gasteiger partial charge < -0.3 is 33.8 Å². The molecule has 0 aliphatic rings. The van der Waals surface area contributed by atoms with Crippen LogP contribution in [0.5, 0.6) is 0 Å². The van der Waals surface area contributed by atoms with Gasteiger partial charge in [0.05, 0.1) is 26.4 Å². The first-order chi connectivity index (χ1) is 48.7. The summed E-state index contributed by atoms with van der Waals surface area (Å²) in [5.74, 6) is -2.26. The molecule has 0 bridgehead atoms. The second kappa shape index (κ2) is 72.8. The molecule has 5 atom stereocenters. The quantitative estimate of drug-likeness (QED) is 0.0169. The summed E-state index contributed by atoms with van der Waals surface area (Å²) in [5, 5.41) is 10.6. The molecule has 0 fully saturated rings. The van der Waals surface area contributed by atoms with Gasteiger partial charge in [-0.05, 0) is 154 Å². The first kappa shape index (κ1) is 95.5. The van der Waals surface area contributed by atoms with E-state index >= 15 is 0 Å². The van der Waals surface area contributed by atoms with E-state index in [1.165, 1.54) is 57.8 Å². The second-order valence-electron chi connectivity index (χ2n) is 25.5. The normalized spacial score (nSPS) is 14.6. The van der Waals surface area contributed by atoms with E-state index in [4.69, 9.17) is 37.0 Å². The van der Waals surface area contributed by atoms with Crippen LogP contribution >= 0.6 is 15.6 Å². The lowest BCUT2D eigenvalue weighted by Crippen LogP contribution is -2.30. The molecule has 0 spiro atoms. The summed E-state index contributed by atoms with van der Waals surface area (Å²) in [6.07, 6.45) is 79.0. The molecule has 0 amide bonds. The molecule has 0 saturated carbocycles. The van der Waals surface area contributed by atoms with E-state index in [0.29, 0.717) is 25.7 Å². The smallest absolute Gasteiger partial charge is 0.462 e. The minimum atomic E-state index is -4.99. The molecule has 0 saturated heterocycles. The van der Waals surface area contributed by atoms with Crippen molar-refractivity contribution in [2.45, 2.75) is 329 Å². The van der Waals surface area contributed by atoms with Crippen molar-refractivity contribution in [3.05, 3.63) is 122 Å². The third-order valence-electron chi connectivity index (χ3n) is 15.9. The standard InChI is InChI=1S/C81H138O17P2/c1-5-9-13-17-21-25-29-33-37-41-45-49-53-57-61-65-78(83)91-71-76(97-80(85)67-63-59-55-51-47-43-39-35-31-27-23-19-15-11-7-3)73-95-99(87,88)93-69-75(82)70-94-100(89,90)96-74-77(98-81(86)68-64-60-56-52-48-44-40-36-32-28-24-20-16-12-8-4)72-92-79(84)66-62-58-54-50-46-42-38-34-30-26-22-18-14-10-6-2/h9-10,13-14,21-23,25-27,33-40,46,50,75-77,82H,5-8,11-12,15-20,24,28-32,41-45,47-49,51-74H2,1-4H3,(H,87,88)(H,89,90)/b13-9-,14-10-,25-21-,26-22-,27-23-,37-33-,38-34-,39-35-,40-36-,50-46-. The molecule has 0 rings (SSSR count). The number of aliphatic hydroxyl groups is 1. The van der Waals surface area contributed by atoms with Crippen LogP contribution in [-0.2, 0) is 65.4 Å². The predicted octanol–water partition coefficient (Wildman–Crippen LogP) is 22.3. The highest BCUT2D eigenvalue weighted by atomic mass is 31.2. The highest BCUT2D eigenvalue weighted by Gasteiger charge is 2.30. The fourth-order valence-corrected chi connectivity index (χ4v) is 11.6. The molecule has 0 aliphatic carbocycles. The largest absolute Gasteiger partial charge is 0.472 e. The molecule has 0 aromatic heterocycles. The molecule has 5 unspecified atom stereocenters. The Morgan fingerprint density at radius 1 is 0.290 bits per heavy atom. The van der Waals surface area contributed by atoms with Crippen LogP contribution in [0.2, 0.25) is 0 Å². The minimum absolute atomic E-state index is 0.0721. The Hall–Kier alpha value is -4.54. The molecule has 0 heterocycles. The van der Waals surface area contributed by atoms with Crippen molar-refractivity contribution in [1.29, 1.82) is 0 Å². The Morgan fingerprint density at radius 2 is 0.520 bits per heavy atom. The zero-order valence-corrected chi connectivity index (χ0v) is 64.4. The molecule has 0 aromatic rings. The number of allylic oxidation sites excluding steroid dienone is 20. The van der Waals surface area contributed by atoms with E-state index in [9.17, 15) is 43.2 Å². The lowest BCUT2D eigenvalue weighted by atomic mass is 10.1. The van der Waals surface area contributed by atoms with Crippen LogP contribution in [0.25, 0.3) is 0 Å². The summed E-state index contributed by atoms with van der Waals surface area (Å²) in [7, 11) is -9.98. The number of carbonyl (C=O) groups is 4. The van der Waals surface area contributed by atoms with Gasteiger partial charge in [-0.3, -0.25) is 37.3 Å². The average molecular weight is 1450 g/mol. The number of aliphatic hydroxyl groups excluding tert-OH is 1. The van der Waals surface area contributed by atoms with Gasteiger partial charge in [0.25, 0.3) is 0 Å². The summed E-state index contributed by atoms with van der Waals surface area (Å²) >= 11 is 0. The lowest BCUT2D eigenvalue weighted by Gasteiger charge is -2.21. The van der Waals surface area contributed by atoms with Crippen LogP contribution in [0.4, 0.5) is 0 Å². The van der Waals surface area contributed by atoms with Crippen molar-refractivity contribution in [3.8, 4) is 0 Å². The van der Waals surface area contributed by atoms with Crippen molar-refractivity contribution in [1.82, 2.24) is 0 Å². The summed E-state index contributed by atoms with van der Waals surface area (Å²) in [5.41, 5.74) is 0. The summed E-state index contributed by atoms with van der Waals surface area (Å²) in [4.78, 5) is 72.9. The number of esters is 4. The van der Waals surface area contributed by atoms with Gasteiger partial charge in [-0.2, -0.15) is 0 Å². The minimum Gasteiger partial charge on any atom is -0.462 e. The maximum Gasteiger partial charge on any atom is 0.472 e. The van der Waals surface area contributed by atoms with Crippen LogP contribution in [0, 0.1) is 0 Å². The van der Waals surface area contributed by atoms with Gasteiger partial charge in [-0.25, -0.2) is 9.13 Å². The second-order valence-corrected chi connectivity index (χ2v) is 28.4. The van der Waals surface area contributed by atoms with E-state index in [-0.39, 0.29) is 25.7 Å². The third-order valence-corrected chi connectivity index (χ3v) is 17.8. The topological polar surface area (TPSA) is 237 Å². The average Bonchev–Trinajstić information content (AvgIpc) is 1.01. The van der Waals surface area contributed by atoms with Crippen molar-refractivity contribution >= 4 is 39.5 Å². The summed E-state index contributed by atoms with van der Waals surface area (Å²) in [6, 6.07) is 0. The fourth-order valence-electron chi connectivity index (χ4n) is 10.0. The predicted molar refractivity (Wildman–Crippen MR) is 408 cm³/mol. The molecule has 3 N–H and O–H groups in total. The fraction of sp³-hybridized carbons (Fsp3) is 0.704. The van der Waals surface area contributed by atoms with Crippen LogP contribution in [0.1, 0.15) is 310 Å². The van der Waals surface area contributed by atoms with Crippen molar-refractivity contribution < 1.29 is 80.2 Å². The van der Waals surface area contributed by atoms with Crippen LogP contribution in [0.3, 0.4) is 0 Å². The van der Waals surface area contributed by atoms with Gasteiger partial charge in [0.2, 0.25) is 0 Å². The molecule has 17 nitrogen and oxygen atoms in total. The summed E-state index contributed by atoms with van der Waals surface area (Å²) in [6.45, 7) is 4.53. The zero-order chi connectivity index (χ0) is 73.2. The Kier molecular flexibility index (Phi) is 69.5. The number of hydrogen-bond acceptors (Lipinski definition) is 15. The maximum absolute atomic E-state index is 13.1. The van der Waals surface area contributed by atoms with E-state index in [0.717, 1.165) is 173 Å². The van der Waals surface area contributed by atoms with Gasteiger partial charge in [0.1, 0.15) is 19.3 Å². The van der Waals surface area contributed by atoms with Crippen molar-refractivity contribution in [3.63, 3.8) is 0 Å². The first-order valence-corrected chi connectivity index (χ1v) is 41.8. The summed E-state index contributed by atoms with van der Waals surface area (Å²) < 4.78 is 68.5. The molecule has 19 heteroatoms. The van der Waals surface area contributed by atoms with E-state index in [1.807, 2.05) is 0 Å². The molecule has 0 aromatic carbocycles. The van der Waals surface area contributed by atoms with Gasteiger partial charge >= 0.3 is 39.5 Å². The lowest BCUT2D eigenvalue weighted by molar-refractivity contribution is -0.161. The number of rotatable bonds is 72. The van der Waals surface area contributed by atoms with Crippen LogP contribution in [-0.4, -0.2) is 96.7 Å². The molecule has 574 valence electrons. The highest BCUT2D eigenvalue weighted by molar-refractivity contribution is 7.47. The van der Waals surface area contributed by atoms with E-state index in [1.54, 1.807) is 0 Å². The Morgan fingerprint density at radius 3 is 0.850 bits per heavy atom. The molecule has 0 aliphatic heterocycles. The SMILES string of the molecule is CC/C=C\C/C=C\C/C=C\C/C=C\CCCCC(=O)OCC(COP(=O)(O)OCC(O)COP(=O)(O)OCC(COC(=O)CCCCCCC/C=C\C/C=C\C/C=C\CC)OC(=O)CCCCCCC/C=C\C/C=C\CCCCC)OC(=O)CCCCCCC/C=C\CCCCCCCC. The monoisotopic (exact) mass is 1440 g/mol. The van der Waals surface area contributed by atoms with E-state index in [2.05, 4.69) is 149 Å². The molecular formula is C81H138O17P2. The molecule has 100 heavy (non-hydrogen) atoms. The molecule has 0 radical (unpaired) electrons. The number of phosphoric ester groups is 2. The van der Waals surface area contributed by atoms with Crippen LogP contribution in [0.15, 0.2) is 122 Å². The van der Waals surface area contributed by atoms with Gasteiger partial charge in [-0.15, -0.1) is 0 Å². The van der Waals surface area contributed by atoms with Gasteiger partial charge in [-0.1, -0.05) is 252 Å². The Balaban J connectivity index is 5.42. The number of hydrogen-bond donors (Lipinski definition) is 3. The highest BCUT2D eigenvalue weighted by Crippen LogP contribution is 2.45. The first-order valence-electron chi connectivity index (χ1n) is 38.8. The number of ether oxygens (including phenoxy) is 4. The number of phosphoric acid groups is 2. The van der Waals surface area contributed by atoms with Gasteiger partial charge in [0, 0.05) is 25.7 Å². The van der Waals surface area contributed by atoms with E-state index < -0.39 is 97.5 Å². The Labute approximate surface area is 606 Å². The number of carbonyl (C=O) groups excluding carboxylic acids is 4.